The summed E-state index contributed by atoms with van der Waals surface area (Å²) in [6.45, 7) is 4.80. The Bertz CT molecular complexity index is 1230. The molecule has 1 atom stereocenters. The summed E-state index contributed by atoms with van der Waals surface area (Å²) >= 11 is 6.39. The van der Waals surface area contributed by atoms with Crippen molar-refractivity contribution >= 4 is 40.0 Å². The number of H-pyrrole nitrogens is 1. The molecule has 1 unspecified atom stereocenters. The number of carbonyl (C=O) groups is 2. The number of likely N-dealkylation sites (tertiary alicyclic amines) is 1. The van der Waals surface area contributed by atoms with E-state index in [0.29, 0.717) is 18.9 Å². The molecule has 2 aromatic carbocycles. The average Bonchev–Trinajstić information content (AvgIpc) is 3.34. The summed E-state index contributed by atoms with van der Waals surface area (Å²) in [7, 11) is 0. The van der Waals surface area contributed by atoms with Crippen molar-refractivity contribution in [3.63, 3.8) is 0 Å². The number of para-hydroxylation sites is 1. The highest BCUT2D eigenvalue weighted by molar-refractivity contribution is 6.47. The van der Waals surface area contributed by atoms with Crippen molar-refractivity contribution < 1.29 is 19.4 Å². The SMILES string of the molecule is CCCCCN1C(=O)C(=O)/C(=C(/O)c2cc(OCC)ccc2Cl)C1c1c[nH]c2ccccc12. The normalized spacial score (nSPS) is 17.8. The van der Waals surface area contributed by atoms with Crippen LogP contribution in [0, 0.1) is 0 Å². The standard InChI is InChI=1S/C26H27ClN2O4/c1-3-5-8-13-29-23(19-15-28-21-10-7-6-9-17(19)21)22(25(31)26(29)32)24(30)18-14-16(33-4-2)11-12-20(18)27/h6-7,9-12,14-15,23,28,30H,3-5,8,13H2,1-2H3/b24-22+. The molecule has 1 saturated heterocycles. The van der Waals surface area contributed by atoms with Gasteiger partial charge in [-0.1, -0.05) is 49.6 Å². The zero-order valence-electron chi connectivity index (χ0n) is 18.7. The largest absolute Gasteiger partial charge is 0.507 e. The van der Waals surface area contributed by atoms with Crippen LogP contribution in [0.1, 0.15) is 50.3 Å². The van der Waals surface area contributed by atoms with Crippen LogP contribution in [-0.4, -0.2) is 39.8 Å². The van der Waals surface area contributed by atoms with Crippen LogP contribution in [0.4, 0.5) is 0 Å². The number of ketones is 1. The van der Waals surface area contributed by atoms with Crippen molar-refractivity contribution in [1.82, 2.24) is 9.88 Å². The molecule has 0 aliphatic carbocycles. The summed E-state index contributed by atoms with van der Waals surface area (Å²) in [6, 6.07) is 11.9. The Balaban J connectivity index is 1.90. The number of nitrogens with one attached hydrogen (secondary N) is 1. The summed E-state index contributed by atoms with van der Waals surface area (Å²) < 4.78 is 5.55. The number of unbranched alkanes of at least 4 members (excludes halogenated alkanes) is 2. The van der Waals surface area contributed by atoms with Gasteiger partial charge < -0.3 is 19.7 Å². The third-order valence-electron chi connectivity index (χ3n) is 5.96. The van der Waals surface area contributed by atoms with Gasteiger partial charge in [0.25, 0.3) is 11.7 Å². The Labute approximate surface area is 197 Å². The second-order valence-corrected chi connectivity index (χ2v) is 8.47. The lowest BCUT2D eigenvalue weighted by Crippen LogP contribution is -2.30. The van der Waals surface area contributed by atoms with Crippen molar-refractivity contribution in [2.75, 3.05) is 13.2 Å². The van der Waals surface area contributed by atoms with E-state index >= 15 is 0 Å². The Morgan fingerprint density at radius 1 is 1.15 bits per heavy atom. The molecule has 33 heavy (non-hydrogen) atoms. The van der Waals surface area contributed by atoms with Gasteiger partial charge in [-0.2, -0.15) is 0 Å². The number of fused-ring (bicyclic) bond motifs is 1. The molecular formula is C26H27ClN2O4. The molecule has 1 amide bonds. The van der Waals surface area contributed by atoms with E-state index < -0.39 is 17.7 Å². The highest BCUT2D eigenvalue weighted by atomic mass is 35.5. The van der Waals surface area contributed by atoms with Crippen molar-refractivity contribution in [1.29, 1.82) is 0 Å². The molecule has 172 valence electrons. The van der Waals surface area contributed by atoms with Crippen LogP contribution in [0.15, 0.2) is 54.2 Å². The van der Waals surface area contributed by atoms with Crippen molar-refractivity contribution in [3.8, 4) is 5.75 Å². The molecule has 0 spiro atoms. The number of aromatic amines is 1. The maximum Gasteiger partial charge on any atom is 0.295 e. The smallest absolute Gasteiger partial charge is 0.295 e. The third kappa shape index (κ3) is 4.23. The van der Waals surface area contributed by atoms with Gasteiger partial charge in [-0.05, 0) is 37.6 Å². The average molecular weight is 467 g/mol. The molecule has 1 aliphatic heterocycles. The number of rotatable bonds is 8. The van der Waals surface area contributed by atoms with Gasteiger partial charge in [0, 0.05) is 34.8 Å². The zero-order chi connectivity index (χ0) is 23.5. The predicted octanol–water partition coefficient (Wildman–Crippen LogP) is 5.83. The van der Waals surface area contributed by atoms with Crippen LogP contribution in [0.2, 0.25) is 5.02 Å². The van der Waals surface area contributed by atoms with Crippen LogP contribution in [0.3, 0.4) is 0 Å². The fraction of sp³-hybridized carbons (Fsp3) is 0.308. The van der Waals surface area contributed by atoms with Gasteiger partial charge >= 0.3 is 0 Å². The molecule has 1 aromatic heterocycles. The number of Topliss-reactive ketones (excluding diaryl/α,β-unsaturated/α-hetero) is 1. The highest BCUT2D eigenvalue weighted by Crippen LogP contribution is 2.43. The lowest BCUT2D eigenvalue weighted by molar-refractivity contribution is -0.139. The first kappa shape index (κ1) is 22.9. The maximum atomic E-state index is 13.2. The molecule has 0 saturated carbocycles. The van der Waals surface area contributed by atoms with Gasteiger partial charge in [-0.25, -0.2) is 0 Å². The first-order valence-corrected chi connectivity index (χ1v) is 11.6. The Hall–Kier alpha value is -3.25. The van der Waals surface area contributed by atoms with Crippen molar-refractivity contribution in [2.24, 2.45) is 0 Å². The first-order chi connectivity index (χ1) is 16.0. The van der Waals surface area contributed by atoms with Crippen molar-refractivity contribution in [3.05, 3.63) is 70.4 Å². The first-order valence-electron chi connectivity index (χ1n) is 11.2. The molecule has 2 N–H and O–H groups in total. The van der Waals surface area contributed by atoms with Crippen LogP contribution >= 0.6 is 11.6 Å². The van der Waals surface area contributed by atoms with Gasteiger partial charge in [-0.15, -0.1) is 0 Å². The number of aliphatic hydroxyl groups is 1. The van der Waals surface area contributed by atoms with Gasteiger partial charge in [0.2, 0.25) is 0 Å². The van der Waals surface area contributed by atoms with E-state index in [1.54, 1.807) is 29.3 Å². The number of carbonyl (C=O) groups excluding carboxylic acids is 2. The monoisotopic (exact) mass is 466 g/mol. The maximum absolute atomic E-state index is 13.2. The van der Waals surface area contributed by atoms with Gasteiger partial charge in [0.15, 0.2) is 0 Å². The number of amides is 1. The van der Waals surface area contributed by atoms with Gasteiger partial charge in [-0.3, -0.25) is 9.59 Å². The van der Waals surface area contributed by atoms with E-state index in [0.717, 1.165) is 35.7 Å². The quantitative estimate of drug-likeness (QED) is 0.189. The molecule has 0 radical (unpaired) electrons. The number of ether oxygens (including phenoxy) is 1. The Morgan fingerprint density at radius 2 is 1.94 bits per heavy atom. The lowest BCUT2D eigenvalue weighted by Gasteiger charge is -2.25. The second-order valence-electron chi connectivity index (χ2n) is 8.06. The minimum atomic E-state index is -0.718. The van der Waals surface area contributed by atoms with Gasteiger partial charge in [0.05, 0.1) is 23.2 Å². The summed E-state index contributed by atoms with van der Waals surface area (Å²) in [5.74, 6) is -1.10. The summed E-state index contributed by atoms with van der Waals surface area (Å²) in [5.41, 5.74) is 1.96. The highest BCUT2D eigenvalue weighted by Gasteiger charge is 2.46. The molecule has 7 heteroatoms. The molecule has 0 bridgehead atoms. The lowest BCUT2D eigenvalue weighted by atomic mass is 9.94. The summed E-state index contributed by atoms with van der Waals surface area (Å²) in [6.07, 6.45) is 4.50. The van der Waals surface area contributed by atoms with E-state index in [1.807, 2.05) is 31.2 Å². The molecule has 3 aromatic rings. The molecule has 2 heterocycles. The van der Waals surface area contributed by atoms with Crippen LogP contribution in [-0.2, 0) is 9.59 Å². The van der Waals surface area contributed by atoms with E-state index in [9.17, 15) is 14.7 Å². The topological polar surface area (TPSA) is 82.6 Å². The van der Waals surface area contributed by atoms with Gasteiger partial charge in [0.1, 0.15) is 11.5 Å². The second kappa shape index (κ2) is 9.71. The fourth-order valence-electron chi connectivity index (χ4n) is 4.37. The minimum Gasteiger partial charge on any atom is -0.507 e. The minimum absolute atomic E-state index is 0.0387. The number of hydrogen-bond donors (Lipinski definition) is 2. The number of nitrogens with zero attached hydrogens (tertiary/aromatic N) is 1. The molecular weight excluding hydrogens is 440 g/mol. The number of aliphatic hydroxyl groups excluding tert-OH is 1. The molecule has 6 nitrogen and oxygen atoms in total. The zero-order valence-corrected chi connectivity index (χ0v) is 19.5. The number of benzene rings is 2. The van der Waals surface area contributed by atoms with E-state index in [1.165, 1.54) is 0 Å². The number of hydrogen-bond acceptors (Lipinski definition) is 4. The van der Waals surface area contributed by atoms with Crippen LogP contribution < -0.4 is 4.74 Å². The van der Waals surface area contributed by atoms with E-state index in [4.69, 9.17) is 16.3 Å². The van der Waals surface area contributed by atoms with Crippen LogP contribution in [0.25, 0.3) is 16.7 Å². The van der Waals surface area contributed by atoms with Crippen molar-refractivity contribution in [2.45, 2.75) is 39.2 Å². The summed E-state index contributed by atoms with van der Waals surface area (Å²) in [4.78, 5) is 31.1. The molecule has 4 rings (SSSR count). The Morgan fingerprint density at radius 3 is 2.70 bits per heavy atom. The molecule has 1 fully saturated rings. The molecule has 1 aliphatic rings. The van der Waals surface area contributed by atoms with E-state index in [-0.39, 0.29) is 21.9 Å². The van der Waals surface area contributed by atoms with E-state index in [2.05, 4.69) is 11.9 Å². The third-order valence-corrected chi connectivity index (χ3v) is 6.29. The number of aromatic nitrogens is 1. The Kier molecular flexibility index (Phi) is 6.75. The fourth-order valence-corrected chi connectivity index (χ4v) is 4.58. The predicted molar refractivity (Wildman–Crippen MR) is 129 cm³/mol. The number of halogens is 1. The van der Waals surface area contributed by atoms with Crippen LogP contribution in [0.5, 0.6) is 5.75 Å². The summed E-state index contributed by atoms with van der Waals surface area (Å²) in [5, 5.41) is 12.5.